The van der Waals surface area contributed by atoms with Crippen LogP contribution in [0.2, 0.25) is 0 Å². The molecule has 1 aromatic rings. The molecule has 0 saturated heterocycles. The van der Waals surface area contributed by atoms with Crippen LogP contribution in [0.4, 0.5) is 0 Å². The monoisotopic (exact) mass is 318 g/mol. The third kappa shape index (κ3) is 7.58. The number of benzene rings is 1. The number of aromatic carboxylic acids is 2. The van der Waals surface area contributed by atoms with Gasteiger partial charge in [-0.1, -0.05) is 0 Å². The van der Waals surface area contributed by atoms with E-state index in [4.69, 9.17) is 14.8 Å². The van der Waals surface area contributed by atoms with Crippen LogP contribution < -0.4 is 88.7 Å². The maximum Gasteiger partial charge on any atom is 1.00 e. The van der Waals surface area contributed by atoms with Gasteiger partial charge in [0.2, 0.25) is 0 Å². The average Bonchev–Trinajstić information content (AvgIpc) is 2.15. The SMILES string of the molecule is O=C(O)c1cc(C(=O)O)cc(S(=O)(=O)O)c1.[H-].[H-].[H-].[Na+].[Na+].[Na+]. The molecule has 7 nitrogen and oxygen atoms in total. The third-order valence-corrected chi connectivity index (χ3v) is 2.53. The number of rotatable bonds is 3. The van der Waals surface area contributed by atoms with E-state index in [1.165, 1.54) is 0 Å². The zero-order valence-corrected chi connectivity index (χ0v) is 17.4. The first-order valence-electron chi connectivity index (χ1n) is 3.81. The van der Waals surface area contributed by atoms with Gasteiger partial charge in [0, 0.05) is 0 Å². The molecule has 3 N–H and O–H groups in total. The number of hydrogen-bond acceptors (Lipinski definition) is 4. The predicted octanol–water partition coefficient (Wildman–Crippen LogP) is -8.32. The second kappa shape index (κ2) is 9.91. The summed E-state index contributed by atoms with van der Waals surface area (Å²) in [5.41, 5.74) is -1.07. The average molecular weight is 318 g/mol. The van der Waals surface area contributed by atoms with E-state index >= 15 is 0 Å². The summed E-state index contributed by atoms with van der Waals surface area (Å²) in [6, 6.07) is 2.13. The topological polar surface area (TPSA) is 129 Å². The standard InChI is InChI=1S/C8H6O7S.3Na.3H/c9-7(10)4-1-5(8(11)12)3-6(2-4)16(13,14)15;;;;;;/h1-3H,(H,9,10)(H,11,12)(H,13,14,15);;;;;;/q;3*+1;3*-1. The van der Waals surface area contributed by atoms with E-state index in [1.54, 1.807) is 0 Å². The second-order valence-electron chi connectivity index (χ2n) is 2.83. The first-order chi connectivity index (χ1) is 7.21. The van der Waals surface area contributed by atoms with Crippen molar-refractivity contribution < 1.29 is 126 Å². The summed E-state index contributed by atoms with van der Waals surface area (Å²) in [5, 5.41) is 17.2. The fourth-order valence-electron chi connectivity index (χ4n) is 0.995. The Balaban J connectivity index is -0.000000107. The minimum Gasteiger partial charge on any atom is -1.00 e. The van der Waals surface area contributed by atoms with Crippen molar-refractivity contribution in [3.05, 3.63) is 29.3 Å². The van der Waals surface area contributed by atoms with Crippen LogP contribution in [0.5, 0.6) is 0 Å². The van der Waals surface area contributed by atoms with Gasteiger partial charge in [0.1, 0.15) is 0 Å². The molecule has 0 radical (unpaired) electrons. The molecule has 0 bridgehead atoms. The molecule has 0 aliphatic rings. The quantitative estimate of drug-likeness (QED) is 0.373. The molecule has 0 unspecified atom stereocenters. The van der Waals surface area contributed by atoms with Gasteiger partial charge in [0.25, 0.3) is 10.1 Å². The summed E-state index contributed by atoms with van der Waals surface area (Å²) >= 11 is 0. The van der Waals surface area contributed by atoms with Crippen molar-refractivity contribution in [3.63, 3.8) is 0 Å². The van der Waals surface area contributed by atoms with Gasteiger partial charge in [0.15, 0.2) is 0 Å². The molecule has 0 spiro atoms. The number of carbonyl (C=O) groups is 2. The van der Waals surface area contributed by atoms with E-state index in [-0.39, 0.29) is 93.0 Å². The van der Waals surface area contributed by atoms with Crippen molar-refractivity contribution >= 4 is 22.1 Å². The van der Waals surface area contributed by atoms with Gasteiger partial charge in [-0.25, -0.2) is 9.59 Å². The molecule has 0 saturated carbocycles. The van der Waals surface area contributed by atoms with Crippen molar-refractivity contribution in [2.24, 2.45) is 0 Å². The van der Waals surface area contributed by atoms with Crippen LogP contribution in [0, 0.1) is 0 Å². The number of carboxylic acid groups (broad SMARTS) is 2. The zero-order chi connectivity index (χ0) is 12.5. The Morgan fingerprint density at radius 3 is 1.42 bits per heavy atom. The fraction of sp³-hybridized carbons (Fsp3) is 0. The Hall–Kier alpha value is 1.07. The Morgan fingerprint density at radius 2 is 1.21 bits per heavy atom. The molecule has 0 aromatic heterocycles. The third-order valence-electron chi connectivity index (χ3n) is 1.70. The summed E-state index contributed by atoms with van der Waals surface area (Å²) in [7, 11) is -4.64. The van der Waals surface area contributed by atoms with Crippen LogP contribution >= 0.6 is 0 Å². The normalized spacial score (nSPS) is 9.32. The van der Waals surface area contributed by atoms with E-state index in [2.05, 4.69) is 0 Å². The van der Waals surface area contributed by atoms with Crippen LogP contribution in [0.3, 0.4) is 0 Å². The van der Waals surface area contributed by atoms with Crippen LogP contribution in [0.15, 0.2) is 23.1 Å². The van der Waals surface area contributed by atoms with E-state index in [0.29, 0.717) is 12.1 Å². The van der Waals surface area contributed by atoms with Crippen molar-refractivity contribution in [1.82, 2.24) is 0 Å². The summed E-state index contributed by atoms with van der Waals surface area (Å²) in [6.07, 6.45) is 0. The van der Waals surface area contributed by atoms with Gasteiger partial charge in [-0.05, 0) is 18.2 Å². The largest absolute Gasteiger partial charge is 1.00 e. The molecular weight excluding hydrogens is 309 g/mol. The first-order valence-corrected chi connectivity index (χ1v) is 5.25. The minimum atomic E-state index is -4.64. The van der Waals surface area contributed by atoms with Gasteiger partial charge in [0.05, 0.1) is 16.0 Å². The zero-order valence-electron chi connectivity index (χ0n) is 13.6. The van der Waals surface area contributed by atoms with Gasteiger partial charge in [-0.15, -0.1) is 0 Å². The molecule has 0 heterocycles. The van der Waals surface area contributed by atoms with Crippen LogP contribution in [0.25, 0.3) is 0 Å². The molecule has 92 valence electrons. The maximum atomic E-state index is 10.8. The molecule has 0 amide bonds. The fourth-order valence-corrected chi connectivity index (χ4v) is 1.55. The van der Waals surface area contributed by atoms with Crippen molar-refractivity contribution in [2.75, 3.05) is 0 Å². The summed E-state index contributed by atoms with van der Waals surface area (Å²) < 4.78 is 30.2. The molecule has 1 aromatic carbocycles. The molecule has 1 rings (SSSR count). The smallest absolute Gasteiger partial charge is 1.00 e. The summed E-state index contributed by atoms with van der Waals surface area (Å²) in [4.78, 5) is 20.4. The van der Waals surface area contributed by atoms with Crippen LogP contribution in [0.1, 0.15) is 25.0 Å². The van der Waals surface area contributed by atoms with E-state index in [9.17, 15) is 18.0 Å². The van der Waals surface area contributed by atoms with Gasteiger partial charge in [-0.3, -0.25) is 4.55 Å². The van der Waals surface area contributed by atoms with Gasteiger partial charge in [-0.2, -0.15) is 8.42 Å². The van der Waals surface area contributed by atoms with Gasteiger partial charge < -0.3 is 14.5 Å². The Labute approximate surface area is 179 Å². The molecule has 0 aliphatic heterocycles. The Kier molecular flexibility index (Phi) is 13.1. The molecule has 0 aliphatic carbocycles. The second-order valence-corrected chi connectivity index (χ2v) is 4.25. The molecule has 0 fully saturated rings. The number of hydrogen-bond donors (Lipinski definition) is 3. The molecular formula is C8H9Na3O7S. The van der Waals surface area contributed by atoms with E-state index in [1.807, 2.05) is 0 Å². The van der Waals surface area contributed by atoms with Crippen molar-refractivity contribution in [3.8, 4) is 0 Å². The minimum absolute atomic E-state index is 0. The van der Waals surface area contributed by atoms with Crippen molar-refractivity contribution in [2.45, 2.75) is 4.90 Å². The Bertz CT molecular complexity index is 550. The van der Waals surface area contributed by atoms with E-state index < -0.39 is 38.1 Å². The molecule has 19 heavy (non-hydrogen) atoms. The summed E-state index contributed by atoms with van der Waals surface area (Å²) in [6.45, 7) is 0. The first kappa shape index (κ1) is 25.0. The van der Waals surface area contributed by atoms with Crippen LogP contribution in [-0.2, 0) is 10.1 Å². The van der Waals surface area contributed by atoms with Crippen molar-refractivity contribution in [1.29, 1.82) is 0 Å². The molecule has 0 atom stereocenters. The Morgan fingerprint density at radius 1 is 0.895 bits per heavy atom. The predicted molar refractivity (Wildman–Crippen MR) is 53.5 cm³/mol. The van der Waals surface area contributed by atoms with E-state index in [0.717, 1.165) is 6.07 Å². The maximum absolute atomic E-state index is 10.8. The van der Waals surface area contributed by atoms with Crippen LogP contribution in [-0.4, -0.2) is 35.1 Å². The molecule has 11 heteroatoms. The number of carboxylic acids is 2. The summed E-state index contributed by atoms with van der Waals surface area (Å²) in [5.74, 6) is -2.99. The van der Waals surface area contributed by atoms with Gasteiger partial charge >= 0.3 is 101 Å².